The van der Waals surface area contributed by atoms with E-state index in [0.29, 0.717) is 6.04 Å². The molecule has 4 heteroatoms. The van der Waals surface area contributed by atoms with Gasteiger partial charge in [-0.3, -0.25) is 4.90 Å². The van der Waals surface area contributed by atoms with Gasteiger partial charge in [-0.2, -0.15) is 0 Å². The molecule has 2 heterocycles. The standard InChI is InChI=1S/C16H28N4/c1-4-14(3)19-8-10-20(11-9-19)16-12-15(6-7-18-16)13-17-5-2/h6-7,12,14,17H,4-5,8-11,13H2,1-3H3. The Morgan fingerprint density at radius 2 is 2.00 bits per heavy atom. The zero-order chi connectivity index (χ0) is 14.4. The summed E-state index contributed by atoms with van der Waals surface area (Å²) in [5, 5.41) is 3.37. The number of pyridine rings is 1. The highest BCUT2D eigenvalue weighted by atomic mass is 15.3. The number of piperazine rings is 1. The minimum atomic E-state index is 0.699. The molecule has 1 N–H and O–H groups in total. The van der Waals surface area contributed by atoms with Crippen molar-refractivity contribution in [2.45, 2.75) is 39.8 Å². The van der Waals surface area contributed by atoms with Crippen LogP contribution in [0.3, 0.4) is 0 Å². The Balaban J connectivity index is 1.93. The molecule has 0 radical (unpaired) electrons. The van der Waals surface area contributed by atoms with Gasteiger partial charge in [0, 0.05) is 45.0 Å². The summed E-state index contributed by atoms with van der Waals surface area (Å²) in [6.45, 7) is 13.1. The molecule has 1 aromatic rings. The van der Waals surface area contributed by atoms with Crippen molar-refractivity contribution in [2.24, 2.45) is 0 Å². The molecule has 0 saturated carbocycles. The van der Waals surface area contributed by atoms with Crippen molar-refractivity contribution in [1.29, 1.82) is 0 Å². The van der Waals surface area contributed by atoms with Crippen molar-refractivity contribution in [2.75, 3.05) is 37.6 Å². The Morgan fingerprint density at radius 3 is 2.65 bits per heavy atom. The molecule has 1 aliphatic rings. The second kappa shape index (κ2) is 7.60. The summed E-state index contributed by atoms with van der Waals surface area (Å²) in [6, 6.07) is 5.02. The summed E-state index contributed by atoms with van der Waals surface area (Å²) in [4.78, 5) is 9.53. The summed E-state index contributed by atoms with van der Waals surface area (Å²) >= 11 is 0. The monoisotopic (exact) mass is 276 g/mol. The average Bonchev–Trinajstić information content (AvgIpc) is 2.52. The van der Waals surface area contributed by atoms with E-state index in [2.05, 4.69) is 53.0 Å². The number of hydrogen-bond donors (Lipinski definition) is 1. The molecule has 1 unspecified atom stereocenters. The Hall–Kier alpha value is -1.13. The lowest BCUT2D eigenvalue weighted by molar-refractivity contribution is 0.192. The molecule has 0 bridgehead atoms. The molecule has 0 spiro atoms. The van der Waals surface area contributed by atoms with Crippen LogP contribution in [0, 0.1) is 0 Å². The van der Waals surface area contributed by atoms with Crippen molar-refractivity contribution in [3.8, 4) is 0 Å². The van der Waals surface area contributed by atoms with Crippen molar-refractivity contribution in [3.63, 3.8) is 0 Å². The van der Waals surface area contributed by atoms with Crippen molar-refractivity contribution in [1.82, 2.24) is 15.2 Å². The van der Waals surface area contributed by atoms with Crippen LogP contribution in [-0.2, 0) is 6.54 Å². The van der Waals surface area contributed by atoms with Gasteiger partial charge < -0.3 is 10.2 Å². The number of aromatic nitrogens is 1. The average molecular weight is 276 g/mol. The van der Waals surface area contributed by atoms with Crippen LogP contribution in [-0.4, -0.2) is 48.6 Å². The third-order valence-electron chi connectivity index (χ3n) is 4.24. The Kier molecular flexibility index (Phi) is 5.80. The molecular formula is C16H28N4. The third-order valence-corrected chi connectivity index (χ3v) is 4.24. The second-order valence-electron chi connectivity index (χ2n) is 5.58. The number of nitrogens with zero attached hydrogens (tertiary/aromatic N) is 3. The molecule has 1 atom stereocenters. The molecule has 1 fully saturated rings. The highest BCUT2D eigenvalue weighted by Gasteiger charge is 2.20. The fourth-order valence-electron chi connectivity index (χ4n) is 2.66. The van der Waals surface area contributed by atoms with E-state index in [1.165, 1.54) is 12.0 Å². The molecule has 0 aliphatic carbocycles. The largest absolute Gasteiger partial charge is 0.354 e. The quantitative estimate of drug-likeness (QED) is 0.862. The predicted octanol–water partition coefficient (Wildman–Crippen LogP) is 2.11. The normalized spacial score (nSPS) is 18.2. The van der Waals surface area contributed by atoms with Crippen LogP contribution in [0.2, 0.25) is 0 Å². The molecule has 0 aromatic carbocycles. The SMILES string of the molecule is CCNCc1ccnc(N2CCN(C(C)CC)CC2)c1. The van der Waals surface area contributed by atoms with E-state index in [-0.39, 0.29) is 0 Å². The van der Waals surface area contributed by atoms with Crippen molar-refractivity contribution >= 4 is 5.82 Å². The van der Waals surface area contributed by atoms with Gasteiger partial charge in [0.1, 0.15) is 5.82 Å². The summed E-state index contributed by atoms with van der Waals surface area (Å²) in [6.07, 6.45) is 3.17. The summed E-state index contributed by atoms with van der Waals surface area (Å²) in [5.41, 5.74) is 1.32. The minimum Gasteiger partial charge on any atom is -0.354 e. The van der Waals surface area contributed by atoms with Gasteiger partial charge in [-0.15, -0.1) is 0 Å². The molecular weight excluding hydrogens is 248 g/mol. The van der Waals surface area contributed by atoms with E-state index in [1.807, 2.05) is 6.20 Å². The van der Waals surface area contributed by atoms with E-state index in [0.717, 1.165) is 45.1 Å². The van der Waals surface area contributed by atoms with Gasteiger partial charge in [-0.1, -0.05) is 13.8 Å². The lowest BCUT2D eigenvalue weighted by atomic mass is 10.2. The van der Waals surface area contributed by atoms with E-state index < -0.39 is 0 Å². The lowest BCUT2D eigenvalue weighted by Crippen LogP contribution is -2.49. The lowest BCUT2D eigenvalue weighted by Gasteiger charge is -2.38. The number of anilines is 1. The summed E-state index contributed by atoms with van der Waals surface area (Å²) in [7, 11) is 0. The van der Waals surface area contributed by atoms with E-state index >= 15 is 0 Å². The highest BCUT2D eigenvalue weighted by Crippen LogP contribution is 2.16. The van der Waals surface area contributed by atoms with Gasteiger partial charge in [0.15, 0.2) is 0 Å². The van der Waals surface area contributed by atoms with Gasteiger partial charge >= 0.3 is 0 Å². The van der Waals surface area contributed by atoms with Crippen LogP contribution < -0.4 is 10.2 Å². The summed E-state index contributed by atoms with van der Waals surface area (Å²) < 4.78 is 0. The van der Waals surface area contributed by atoms with Crippen LogP contribution >= 0.6 is 0 Å². The Morgan fingerprint density at radius 1 is 1.25 bits per heavy atom. The zero-order valence-electron chi connectivity index (χ0n) is 13.1. The fourth-order valence-corrected chi connectivity index (χ4v) is 2.66. The van der Waals surface area contributed by atoms with Gasteiger partial charge in [0.05, 0.1) is 0 Å². The van der Waals surface area contributed by atoms with Crippen LogP contribution in [0.15, 0.2) is 18.3 Å². The first-order valence-electron chi connectivity index (χ1n) is 7.89. The van der Waals surface area contributed by atoms with E-state index in [1.54, 1.807) is 0 Å². The number of nitrogens with one attached hydrogen (secondary N) is 1. The third kappa shape index (κ3) is 3.93. The van der Waals surface area contributed by atoms with Crippen molar-refractivity contribution < 1.29 is 0 Å². The van der Waals surface area contributed by atoms with Gasteiger partial charge in [-0.05, 0) is 37.6 Å². The maximum absolute atomic E-state index is 4.54. The zero-order valence-corrected chi connectivity index (χ0v) is 13.1. The molecule has 1 aromatic heterocycles. The van der Waals surface area contributed by atoms with Crippen LogP contribution in [0.4, 0.5) is 5.82 Å². The molecule has 0 amide bonds. The molecule has 20 heavy (non-hydrogen) atoms. The van der Waals surface area contributed by atoms with Gasteiger partial charge in [-0.25, -0.2) is 4.98 Å². The van der Waals surface area contributed by atoms with Crippen LogP contribution in [0.25, 0.3) is 0 Å². The van der Waals surface area contributed by atoms with Crippen LogP contribution in [0.1, 0.15) is 32.8 Å². The Bertz CT molecular complexity index is 399. The molecule has 1 aliphatic heterocycles. The molecule has 112 valence electrons. The van der Waals surface area contributed by atoms with E-state index in [9.17, 15) is 0 Å². The smallest absolute Gasteiger partial charge is 0.128 e. The Labute approximate surface area is 123 Å². The number of rotatable bonds is 6. The van der Waals surface area contributed by atoms with Gasteiger partial charge in [0.2, 0.25) is 0 Å². The molecule has 2 rings (SSSR count). The van der Waals surface area contributed by atoms with Gasteiger partial charge in [0.25, 0.3) is 0 Å². The van der Waals surface area contributed by atoms with Crippen molar-refractivity contribution in [3.05, 3.63) is 23.9 Å². The minimum absolute atomic E-state index is 0.699. The first kappa shape index (κ1) is 15.3. The molecule has 1 saturated heterocycles. The molecule has 4 nitrogen and oxygen atoms in total. The highest BCUT2D eigenvalue weighted by molar-refractivity contribution is 5.41. The fraction of sp³-hybridized carbons (Fsp3) is 0.688. The first-order chi connectivity index (χ1) is 9.74. The number of hydrogen-bond acceptors (Lipinski definition) is 4. The predicted molar refractivity (Wildman–Crippen MR) is 85.2 cm³/mol. The first-order valence-corrected chi connectivity index (χ1v) is 7.89. The van der Waals surface area contributed by atoms with E-state index in [4.69, 9.17) is 0 Å². The topological polar surface area (TPSA) is 31.4 Å². The summed E-state index contributed by atoms with van der Waals surface area (Å²) in [5.74, 6) is 1.13. The maximum atomic E-state index is 4.54. The second-order valence-corrected chi connectivity index (χ2v) is 5.58. The van der Waals surface area contributed by atoms with Crippen LogP contribution in [0.5, 0.6) is 0 Å². The maximum Gasteiger partial charge on any atom is 0.128 e.